The maximum atomic E-state index is 14.7. The van der Waals surface area contributed by atoms with Crippen molar-refractivity contribution in [2.45, 2.75) is 52.7 Å². The fourth-order valence-corrected chi connectivity index (χ4v) is 6.70. The van der Waals surface area contributed by atoms with E-state index in [9.17, 15) is 19.5 Å². The van der Waals surface area contributed by atoms with E-state index in [2.05, 4.69) is 5.32 Å². The van der Waals surface area contributed by atoms with Gasteiger partial charge in [0.15, 0.2) is 6.61 Å². The number of benzene rings is 2. The molecule has 1 amide bonds. The van der Waals surface area contributed by atoms with Crippen molar-refractivity contribution >= 4 is 23.3 Å². The Morgan fingerprint density at radius 2 is 1.85 bits per heavy atom. The average molecular weight is 554 g/mol. The molecule has 2 aromatic rings. The number of nitrogens with one attached hydrogen (secondary N) is 1. The molecule has 4 rings (SSSR count). The summed E-state index contributed by atoms with van der Waals surface area (Å²) in [5, 5.41) is 14.3. The van der Waals surface area contributed by atoms with Crippen LogP contribution in [0.15, 0.2) is 36.4 Å². The van der Waals surface area contributed by atoms with Crippen molar-refractivity contribution in [3.05, 3.63) is 53.1 Å². The first-order valence-electron chi connectivity index (χ1n) is 13.6. The molecule has 2 aliphatic heterocycles. The number of rotatable bonds is 7. The normalized spacial score (nSPS) is 26.9. The molecule has 0 bridgehead atoms. The third-order valence-electron chi connectivity index (χ3n) is 8.26. The van der Waals surface area contributed by atoms with Gasteiger partial charge in [-0.2, -0.15) is 0 Å². The predicted octanol–water partition coefficient (Wildman–Crippen LogP) is 4.03. The van der Waals surface area contributed by atoms with E-state index in [1.54, 1.807) is 26.4 Å². The Labute approximate surface area is 236 Å². The average Bonchev–Trinajstić information content (AvgIpc) is 3.01. The van der Waals surface area contributed by atoms with E-state index in [0.717, 1.165) is 5.56 Å². The largest absolute Gasteiger partial charge is 0.497 e. The van der Waals surface area contributed by atoms with Crippen LogP contribution >= 0.6 is 0 Å². The number of ether oxygens (including phenoxy) is 3. The van der Waals surface area contributed by atoms with Gasteiger partial charge in [-0.1, -0.05) is 32.4 Å². The quantitative estimate of drug-likeness (QED) is 0.495. The van der Waals surface area contributed by atoms with Crippen molar-refractivity contribution in [3.8, 4) is 11.5 Å². The van der Waals surface area contributed by atoms with Crippen LogP contribution < -0.4 is 19.3 Å². The van der Waals surface area contributed by atoms with Gasteiger partial charge in [-0.3, -0.25) is 4.79 Å². The maximum Gasteiger partial charge on any atom is 0.367 e. The number of piperidine rings is 1. The molecule has 1 saturated heterocycles. The number of carbonyl (C=O) groups excluding carboxylic acids is 2. The SMILES string of the molecule is COc1ccc(C2OCC(=O)[N@@+](CC(C)(C)C)([C@@]3(C(=O)O)CCNC[C@@H]3C(C)=O)c3ccc(C)cc32)c(OC)c1. The molecule has 2 aliphatic rings. The molecule has 4 atom stereocenters. The van der Waals surface area contributed by atoms with Crippen LogP contribution in [-0.4, -0.2) is 68.8 Å². The summed E-state index contributed by atoms with van der Waals surface area (Å²) in [4.78, 5) is 41.5. The van der Waals surface area contributed by atoms with E-state index in [1.165, 1.54) is 6.92 Å². The van der Waals surface area contributed by atoms with Crippen molar-refractivity contribution in [2.24, 2.45) is 11.3 Å². The molecule has 1 fully saturated rings. The highest BCUT2D eigenvalue weighted by Crippen LogP contribution is 2.51. The van der Waals surface area contributed by atoms with Gasteiger partial charge in [0, 0.05) is 48.2 Å². The molecule has 0 aromatic heterocycles. The van der Waals surface area contributed by atoms with Gasteiger partial charge < -0.3 is 24.6 Å². The van der Waals surface area contributed by atoms with Crippen molar-refractivity contribution in [1.29, 1.82) is 0 Å². The Morgan fingerprint density at radius 3 is 2.45 bits per heavy atom. The zero-order valence-corrected chi connectivity index (χ0v) is 24.5. The smallest absolute Gasteiger partial charge is 0.367 e. The standard InChI is InChI=1S/C31H40N2O7/c1-19-8-11-25-23(14-19)28(22-10-9-21(38-6)15-26(22)39-7)40-17-27(35)33(25,18-30(3,4)5)31(29(36)37)12-13-32-16-24(31)20(2)34/h8-11,14-15,24,28,32H,12-13,16-18H2,1-7H3/p+1/t24-,28?,31+,33+/m1/s1. The molecule has 216 valence electrons. The Hall–Kier alpha value is -3.27. The highest BCUT2D eigenvalue weighted by Gasteiger charge is 2.70. The van der Waals surface area contributed by atoms with E-state index in [1.807, 2.05) is 52.0 Å². The van der Waals surface area contributed by atoms with Crippen molar-refractivity contribution in [1.82, 2.24) is 9.80 Å². The van der Waals surface area contributed by atoms with Crippen LogP contribution in [0.2, 0.25) is 0 Å². The number of aliphatic carboxylic acids is 1. The van der Waals surface area contributed by atoms with E-state index < -0.39 is 33.4 Å². The summed E-state index contributed by atoms with van der Waals surface area (Å²) >= 11 is 0. The van der Waals surface area contributed by atoms with Crippen LogP contribution in [0.3, 0.4) is 0 Å². The molecule has 0 spiro atoms. The first-order chi connectivity index (χ1) is 18.8. The second-order valence-electron chi connectivity index (χ2n) is 12.1. The first kappa shape index (κ1) is 29.7. The fourth-order valence-electron chi connectivity index (χ4n) is 6.70. The lowest BCUT2D eigenvalue weighted by atomic mass is 9.70. The highest BCUT2D eigenvalue weighted by atomic mass is 16.5. The van der Waals surface area contributed by atoms with Crippen LogP contribution in [0.25, 0.3) is 0 Å². The highest BCUT2D eigenvalue weighted by molar-refractivity contribution is 6.02. The fraction of sp³-hybridized carbons (Fsp3) is 0.516. The lowest BCUT2D eigenvalue weighted by molar-refractivity contribution is -0.170. The number of methoxy groups -OCH3 is 2. The number of fused-ring (bicyclic) bond motifs is 1. The number of carbonyl (C=O) groups is 3. The van der Waals surface area contributed by atoms with Crippen LogP contribution in [0.5, 0.6) is 11.5 Å². The summed E-state index contributed by atoms with van der Waals surface area (Å²) in [6.45, 7) is 9.72. The zero-order chi connectivity index (χ0) is 29.5. The number of nitrogens with zero attached hydrogens (tertiary/aromatic N) is 1. The molecule has 2 N–H and O–H groups in total. The summed E-state index contributed by atoms with van der Waals surface area (Å²) in [5.41, 5.74) is 0.636. The molecule has 0 radical (unpaired) electrons. The van der Waals surface area contributed by atoms with E-state index in [0.29, 0.717) is 34.9 Å². The topological polar surface area (TPSA) is 111 Å². The maximum absolute atomic E-state index is 14.7. The molecule has 0 saturated carbocycles. The monoisotopic (exact) mass is 553 g/mol. The molecule has 40 heavy (non-hydrogen) atoms. The third-order valence-corrected chi connectivity index (χ3v) is 8.26. The Kier molecular flexibility index (Phi) is 8.13. The number of quaternary nitrogens is 1. The Morgan fingerprint density at radius 1 is 1.12 bits per heavy atom. The number of Topliss-reactive ketones (excluding diaryl/α,β-unsaturated/α-hetero) is 1. The van der Waals surface area contributed by atoms with Gasteiger partial charge in [-0.25, -0.2) is 14.1 Å². The summed E-state index contributed by atoms with van der Waals surface area (Å²) < 4.78 is 17.0. The number of hydrogen-bond acceptors (Lipinski definition) is 7. The number of amides is 1. The van der Waals surface area contributed by atoms with Crippen LogP contribution in [0, 0.1) is 18.3 Å². The van der Waals surface area contributed by atoms with Gasteiger partial charge in [0.25, 0.3) is 0 Å². The van der Waals surface area contributed by atoms with Gasteiger partial charge in [0.1, 0.15) is 29.1 Å². The minimum absolute atomic E-state index is 0.109. The van der Waals surface area contributed by atoms with Gasteiger partial charge in [0.05, 0.1) is 26.7 Å². The van der Waals surface area contributed by atoms with E-state index >= 15 is 0 Å². The molecule has 2 heterocycles. The lowest BCUT2D eigenvalue weighted by Crippen LogP contribution is -2.80. The number of carboxylic acid groups (broad SMARTS) is 1. The molecular weight excluding hydrogens is 512 g/mol. The van der Waals surface area contributed by atoms with Crippen LogP contribution in [-0.2, 0) is 19.1 Å². The molecular formula is C31H41N2O7+. The molecule has 1 unspecified atom stereocenters. The lowest BCUT2D eigenvalue weighted by Gasteiger charge is -2.54. The van der Waals surface area contributed by atoms with Gasteiger partial charge >= 0.3 is 11.9 Å². The predicted molar refractivity (Wildman–Crippen MR) is 152 cm³/mol. The number of ketones is 1. The Balaban J connectivity index is 2.12. The second-order valence-corrected chi connectivity index (χ2v) is 12.1. The summed E-state index contributed by atoms with van der Waals surface area (Å²) in [7, 11) is 3.13. The number of hydrogen-bond donors (Lipinski definition) is 2. The summed E-state index contributed by atoms with van der Waals surface area (Å²) in [5.74, 6) is -1.59. The molecule has 2 aromatic carbocycles. The minimum atomic E-state index is -1.73. The Bertz CT molecular complexity index is 1320. The molecule has 0 aliphatic carbocycles. The van der Waals surface area contributed by atoms with Crippen LogP contribution in [0.4, 0.5) is 5.69 Å². The summed E-state index contributed by atoms with van der Waals surface area (Å²) in [6.07, 6.45) is -0.610. The van der Waals surface area contributed by atoms with E-state index in [4.69, 9.17) is 14.2 Å². The zero-order valence-electron chi connectivity index (χ0n) is 24.5. The van der Waals surface area contributed by atoms with Gasteiger partial charge in [-0.05, 0) is 32.0 Å². The molecule has 9 nitrogen and oxygen atoms in total. The second kappa shape index (κ2) is 11.0. The summed E-state index contributed by atoms with van der Waals surface area (Å²) in [6, 6.07) is 11.1. The first-order valence-corrected chi connectivity index (χ1v) is 13.6. The van der Waals surface area contributed by atoms with Crippen molar-refractivity contribution in [2.75, 3.05) is 40.5 Å². The van der Waals surface area contributed by atoms with Gasteiger partial charge in [-0.15, -0.1) is 0 Å². The number of carboxylic acids is 1. The molecule has 9 heteroatoms. The number of aryl methyl sites for hydroxylation is 1. The van der Waals surface area contributed by atoms with E-state index in [-0.39, 0.29) is 37.8 Å². The van der Waals surface area contributed by atoms with Crippen molar-refractivity contribution < 1.29 is 33.7 Å². The minimum Gasteiger partial charge on any atom is -0.497 e. The van der Waals surface area contributed by atoms with Gasteiger partial charge in [0.2, 0.25) is 5.54 Å². The van der Waals surface area contributed by atoms with Crippen molar-refractivity contribution in [3.63, 3.8) is 0 Å². The van der Waals surface area contributed by atoms with Crippen LogP contribution in [0.1, 0.15) is 56.9 Å². The third kappa shape index (κ3) is 4.80.